The number of pyridine rings is 1. The first-order valence-electron chi connectivity index (χ1n) is 7.55. The molecule has 1 aromatic heterocycles. The van der Waals surface area contributed by atoms with E-state index in [1.165, 1.54) is 17.2 Å². The van der Waals surface area contributed by atoms with Gasteiger partial charge in [0.25, 0.3) is 5.91 Å². The number of benzene rings is 1. The number of aromatic nitrogens is 1. The number of amides is 1. The molecule has 6 nitrogen and oxygen atoms in total. The lowest BCUT2D eigenvalue weighted by Crippen LogP contribution is -2.30. The third-order valence-electron chi connectivity index (χ3n) is 3.99. The third-order valence-corrected chi connectivity index (χ3v) is 3.99. The molecule has 0 spiro atoms. The number of hydrogen-bond donors (Lipinski definition) is 2. The number of halogens is 3. The molecule has 1 amide bonds. The van der Waals surface area contributed by atoms with E-state index in [1.54, 1.807) is 30.3 Å². The molecule has 140 valence electrons. The standard InChI is InChI=1S/C17H16FN3O3.2ClH/c18-13-5-1-2-6-14(13)20-15-12(4-3-8-19-15)16(22)21-9-7-11(10-21)17(23)24;;/h1-6,8,11H,7,9-10H2,(H,19,20)(H,23,24);2*1H. The van der Waals surface area contributed by atoms with E-state index in [2.05, 4.69) is 10.3 Å². The van der Waals surface area contributed by atoms with Crippen LogP contribution in [0, 0.1) is 11.7 Å². The highest BCUT2D eigenvalue weighted by Gasteiger charge is 2.32. The second kappa shape index (κ2) is 9.35. The molecule has 1 fully saturated rings. The van der Waals surface area contributed by atoms with Crippen LogP contribution in [-0.4, -0.2) is 40.0 Å². The number of nitrogens with zero attached hydrogens (tertiary/aromatic N) is 2. The molecule has 1 unspecified atom stereocenters. The van der Waals surface area contributed by atoms with Crippen molar-refractivity contribution in [1.29, 1.82) is 0 Å². The van der Waals surface area contributed by atoms with Crippen LogP contribution in [0.5, 0.6) is 0 Å². The molecular weight excluding hydrogens is 384 g/mol. The van der Waals surface area contributed by atoms with Crippen LogP contribution in [0.4, 0.5) is 15.9 Å². The number of anilines is 2. The van der Waals surface area contributed by atoms with Crippen molar-refractivity contribution in [3.8, 4) is 0 Å². The minimum Gasteiger partial charge on any atom is -0.481 e. The Morgan fingerprint density at radius 3 is 2.58 bits per heavy atom. The Morgan fingerprint density at radius 2 is 1.92 bits per heavy atom. The molecule has 9 heteroatoms. The number of rotatable bonds is 4. The topological polar surface area (TPSA) is 82.5 Å². The maximum atomic E-state index is 13.8. The van der Waals surface area contributed by atoms with Crippen molar-refractivity contribution in [1.82, 2.24) is 9.88 Å². The average Bonchev–Trinajstić information content (AvgIpc) is 3.07. The lowest BCUT2D eigenvalue weighted by molar-refractivity contribution is -0.141. The zero-order valence-corrected chi connectivity index (χ0v) is 15.2. The maximum absolute atomic E-state index is 13.8. The molecule has 1 aliphatic heterocycles. The largest absolute Gasteiger partial charge is 0.481 e. The fraction of sp³-hybridized carbons (Fsp3) is 0.235. The van der Waals surface area contributed by atoms with Gasteiger partial charge in [0.15, 0.2) is 0 Å². The summed E-state index contributed by atoms with van der Waals surface area (Å²) in [5.41, 5.74) is 0.502. The van der Waals surface area contributed by atoms with Crippen molar-refractivity contribution in [2.24, 2.45) is 5.92 Å². The highest BCUT2D eigenvalue weighted by Crippen LogP contribution is 2.24. The molecule has 0 saturated carbocycles. The summed E-state index contributed by atoms with van der Waals surface area (Å²) in [5, 5.41) is 11.9. The molecule has 1 aliphatic rings. The zero-order chi connectivity index (χ0) is 17.1. The third kappa shape index (κ3) is 4.62. The minimum absolute atomic E-state index is 0. The molecule has 2 aromatic rings. The Balaban J connectivity index is 0.00000169. The summed E-state index contributed by atoms with van der Waals surface area (Å²) in [6, 6.07) is 9.31. The van der Waals surface area contributed by atoms with Gasteiger partial charge in [0.1, 0.15) is 11.6 Å². The van der Waals surface area contributed by atoms with Crippen LogP contribution in [0.25, 0.3) is 0 Å². The molecule has 0 aliphatic carbocycles. The van der Waals surface area contributed by atoms with Crippen molar-refractivity contribution < 1.29 is 19.1 Å². The Labute approximate surface area is 162 Å². The van der Waals surface area contributed by atoms with Gasteiger partial charge >= 0.3 is 5.97 Å². The van der Waals surface area contributed by atoms with Gasteiger partial charge in [0.2, 0.25) is 0 Å². The molecule has 1 atom stereocenters. The van der Waals surface area contributed by atoms with Crippen LogP contribution >= 0.6 is 24.8 Å². The van der Waals surface area contributed by atoms with Gasteiger partial charge < -0.3 is 15.3 Å². The molecular formula is C17H18Cl2FN3O3. The van der Waals surface area contributed by atoms with Crippen LogP contribution < -0.4 is 5.32 Å². The first-order chi connectivity index (χ1) is 11.6. The second-order valence-electron chi connectivity index (χ2n) is 5.58. The fourth-order valence-corrected chi connectivity index (χ4v) is 2.68. The quantitative estimate of drug-likeness (QED) is 0.820. The van der Waals surface area contributed by atoms with E-state index in [1.807, 2.05) is 0 Å². The van der Waals surface area contributed by atoms with E-state index in [4.69, 9.17) is 5.11 Å². The summed E-state index contributed by atoms with van der Waals surface area (Å²) in [5.74, 6) is -1.97. The van der Waals surface area contributed by atoms with Crippen LogP contribution in [0.1, 0.15) is 16.8 Å². The molecule has 0 radical (unpaired) electrons. The van der Waals surface area contributed by atoms with Crippen molar-refractivity contribution in [2.75, 3.05) is 18.4 Å². The number of carbonyl (C=O) groups is 2. The van der Waals surface area contributed by atoms with Gasteiger partial charge in [-0.25, -0.2) is 9.37 Å². The van der Waals surface area contributed by atoms with Crippen molar-refractivity contribution in [3.63, 3.8) is 0 Å². The maximum Gasteiger partial charge on any atom is 0.308 e. The van der Waals surface area contributed by atoms with Gasteiger partial charge in [-0.15, -0.1) is 24.8 Å². The monoisotopic (exact) mass is 401 g/mol. The molecule has 2 heterocycles. The SMILES string of the molecule is Cl.Cl.O=C(O)C1CCN(C(=O)c2cccnc2Nc2ccccc2F)C1. The summed E-state index contributed by atoms with van der Waals surface area (Å²) in [4.78, 5) is 29.3. The Hall–Kier alpha value is -2.38. The van der Waals surface area contributed by atoms with Gasteiger partial charge in [-0.1, -0.05) is 12.1 Å². The van der Waals surface area contributed by atoms with Crippen molar-refractivity contribution in [3.05, 3.63) is 54.0 Å². The number of carbonyl (C=O) groups excluding carboxylic acids is 1. The second-order valence-corrected chi connectivity index (χ2v) is 5.58. The van der Waals surface area contributed by atoms with E-state index in [0.717, 1.165) is 0 Å². The predicted molar refractivity (Wildman–Crippen MR) is 100 cm³/mol. The molecule has 2 N–H and O–H groups in total. The lowest BCUT2D eigenvalue weighted by atomic mass is 10.1. The van der Waals surface area contributed by atoms with Crippen LogP contribution in [0.2, 0.25) is 0 Å². The molecule has 0 bridgehead atoms. The summed E-state index contributed by atoms with van der Waals surface area (Å²) in [7, 11) is 0. The number of para-hydroxylation sites is 1. The summed E-state index contributed by atoms with van der Waals surface area (Å²) < 4.78 is 13.8. The molecule has 3 rings (SSSR count). The van der Waals surface area contributed by atoms with Crippen molar-refractivity contribution >= 4 is 48.2 Å². The van der Waals surface area contributed by atoms with Crippen LogP contribution in [-0.2, 0) is 4.79 Å². The highest BCUT2D eigenvalue weighted by atomic mass is 35.5. The number of carboxylic acids is 1. The normalized spacial score (nSPS) is 15.6. The fourth-order valence-electron chi connectivity index (χ4n) is 2.68. The molecule has 1 saturated heterocycles. The van der Waals surface area contributed by atoms with E-state index >= 15 is 0 Å². The number of hydrogen-bond acceptors (Lipinski definition) is 4. The number of carboxylic acid groups (broad SMARTS) is 1. The van der Waals surface area contributed by atoms with Crippen LogP contribution in [0.15, 0.2) is 42.6 Å². The smallest absolute Gasteiger partial charge is 0.308 e. The van der Waals surface area contributed by atoms with Gasteiger partial charge in [-0.05, 0) is 30.7 Å². The first-order valence-corrected chi connectivity index (χ1v) is 7.55. The van der Waals surface area contributed by atoms with E-state index in [0.29, 0.717) is 13.0 Å². The van der Waals surface area contributed by atoms with Crippen LogP contribution in [0.3, 0.4) is 0 Å². The van der Waals surface area contributed by atoms with Gasteiger partial charge in [0, 0.05) is 19.3 Å². The zero-order valence-electron chi connectivity index (χ0n) is 13.6. The van der Waals surface area contributed by atoms with Gasteiger partial charge in [-0.3, -0.25) is 9.59 Å². The minimum atomic E-state index is -0.902. The van der Waals surface area contributed by atoms with E-state index in [9.17, 15) is 14.0 Å². The summed E-state index contributed by atoms with van der Waals surface area (Å²) >= 11 is 0. The molecule has 26 heavy (non-hydrogen) atoms. The molecule has 1 aromatic carbocycles. The van der Waals surface area contributed by atoms with E-state index in [-0.39, 0.29) is 54.3 Å². The van der Waals surface area contributed by atoms with Gasteiger partial charge in [0.05, 0.1) is 17.2 Å². The number of aliphatic carboxylic acids is 1. The Morgan fingerprint density at radius 1 is 1.19 bits per heavy atom. The van der Waals surface area contributed by atoms with Crippen molar-refractivity contribution in [2.45, 2.75) is 6.42 Å². The Bertz CT molecular complexity index is 791. The number of likely N-dealkylation sites (tertiary alicyclic amines) is 1. The average molecular weight is 402 g/mol. The first kappa shape index (κ1) is 21.7. The van der Waals surface area contributed by atoms with E-state index < -0.39 is 17.7 Å². The lowest BCUT2D eigenvalue weighted by Gasteiger charge is -2.18. The summed E-state index contributed by atoms with van der Waals surface area (Å²) in [6.45, 7) is 0.548. The summed E-state index contributed by atoms with van der Waals surface area (Å²) in [6.07, 6.45) is 1.93. The Kier molecular flexibility index (Phi) is 7.79. The highest BCUT2D eigenvalue weighted by molar-refractivity contribution is 5.99. The van der Waals surface area contributed by atoms with Gasteiger partial charge in [-0.2, -0.15) is 0 Å². The number of nitrogens with one attached hydrogen (secondary N) is 1. The predicted octanol–water partition coefficient (Wildman–Crippen LogP) is 3.35.